The first kappa shape index (κ1) is 18.7. The second-order valence-electron chi connectivity index (χ2n) is 3.41. The number of rotatable bonds is 3. The predicted octanol–water partition coefficient (Wildman–Crippen LogP) is 4.76. The lowest BCUT2D eigenvalue weighted by molar-refractivity contribution is -0.137. The van der Waals surface area contributed by atoms with E-state index in [1.165, 1.54) is 6.08 Å². The summed E-state index contributed by atoms with van der Waals surface area (Å²) in [5.74, 6) is -0.194. The summed E-state index contributed by atoms with van der Waals surface area (Å²) in [4.78, 5) is 14.9. The molecule has 0 radical (unpaired) electrons. The number of carbonyl (C=O) groups is 1. The molecule has 7 heteroatoms. The third kappa shape index (κ3) is 7.14. The van der Waals surface area contributed by atoms with Crippen molar-refractivity contribution in [1.29, 1.82) is 0 Å². The molecule has 0 saturated carbocycles. The Kier molecular flexibility index (Phi) is 7.81. The number of alkyl halides is 3. The molecule has 1 aromatic rings. The van der Waals surface area contributed by atoms with Crippen LogP contribution in [0, 0.1) is 0 Å². The lowest BCUT2D eigenvalue weighted by atomic mass is 10.2. The molecule has 0 aromatic carbocycles. The van der Waals surface area contributed by atoms with Gasteiger partial charge < -0.3 is 4.74 Å². The van der Waals surface area contributed by atoms with Gasteiger partial charge in [-0.15, -0.1) is 0 Å². The van der Waals surface area contributed by atoms with Crippen molar-refractivity contribution in [3.05, 3.63) is 48.4 Å². The molecule has 0 aliphatic rings. The second-order valence-corrected chi connectivity index (χ2v) is 3.41. The van der Waals surface area contributed by atoms with Gasteiger partial charge in [0.05, 0.1) is 5.56 Å². The van der Waals surface area contributed by atoms with Crippen LogP contribution in [0.2, 0.25) is 0 Å². The lowest BCUT2D eigenvalue weighted by Crippen LogP contribution is -2.14. The topological polar surface area (TPSA) is 51.2 Å². The van der Waals surface area contributed by atoms with Gasteiger partial charge in [-0.3, -0.25) is 5.32 Å². The number of nitrogens with zero attached hydrogens (tertiary/aromatic N) is 1. The number of aromatic nitrogens is 1. The van der Waals surface area contributed by atoms with E-state index in [0.717, 1.165) is 12.3 Å². The van der Waals surface area contributed by atoms with Crippen molar-refractivity contribution < 1.29 is 22.7 Å². The fourth-order valence-corrected chi connectivity index (χ4v) is 1.14. The minimum atomic E-state index is -4.50. The molecular formula is C14H17F3N2O2. The van der Waals surface area contributed by atoms with Crippen molar-refractivity contribution in [2.75, 3.05) is 5.32 Å². The van der Waals surface area contributed by atoms with Gasteiger partial charge in [-0.25, -0.2) is 9.78 Å². The number of ether oxygens (including phenoxy) is 1. The fourth-order valence-electron chi connectivity index (χ4n) is 1.14. The highest BCUT2D eigenvalue weighted by atomic mass is 19.4. The summed E-state index contributed by atoms with van der Waals surface area (Å²) in [5.41, 5.74) is -0.912. The fraction of sp³-hybridized carbons (Fsp3) is 0.286. The Bertz CT molecular complexity index is 511. The van der Waals surface area contributed by atoms with Crippen molar-refractivity contribution >= 4 is 11.9 Å². The minimum Gasteiger partial charge on any atom is -0.411 e. The average molecular weight is 302 g/mol. The Morgan fingerprint density at radius 2 is 2.05 bits per heavy atom. The van der Waals surface area contributed by atoms with Crippen LogP contribution in [0.1, 0.15) is 26.3 Å². The van der Waals surface area contributed by atoms with E-state index >= 15 is 0 Å². The number of carbonyl (C=O) groups excluding carboxylic acids is 1. The molecule has 0 bridgehead atoms. The van der Waals surface area contributed by atoms with Crippen LogP contribution in [0.4, 0.5) is 23.8 Å². The molecule has 1 rings (SSSR count). The van der Waals surface area contributed by atoms with Gasteiger partial charge in [0.1, 0.15) is 11.6 Å². The van der Waals surface area contributed by atoms with Crippen LogP contribution in [0.25, 0.3) is 0 Å². The number of halogens is 3. The lowest BCUT2D eigenvalue weighted by Gasteiger charge is -2.09. The molecule has 1 heterocycles. The van der Waals surface area contributed by atoms with Gasteiger partial charge in [0.2, 0.25) is 0 Å². The Morgan fingerprint density at radius 1 is 1.43 bits per heavy atom. The summed E-state index contributed by atoms with van der Waals surface area (Å²) in [5, 5.41) is 2.08. The number of hydrogen-bond acceptors (Lipinski definition) is 3. The maximum absolute atomic E-state index is 12.4. The van der Waals surface area contributed by atoms with Crippen LogP contribution in [0.3, 0.4) is 0 Å². The van der Waals surface area contributed by atoms with Crippen molar-refractivity contribution in [1.82, 2.24) is 4.98 Å². The molecular weight excluding hydrogens is 285 g/mol. The van der Waals surface area contributed by atoms with Crippen molar-refractivity contribution in [3.63, 3.8) is 0 Å². The molecule has 0 saturated heterocycles. The summed E-state index contributed by atoms with van der Waals surface area (Å²) in [7, 11) is 0. The van der Waals surface area contributed by atoms with Crippen LogP contribution in [-0.4, -0.2) is 11.1 Å². The van der Waals surface area contributed by atoms with E-state index in [0.29, 0.717) is 6.07 Å². The number of allylic oxidation sites excluding steroid dienone is 2. The molecule has 0 unspecified atom stereocenters. The number of amides is 1. The molecule has 1 aromatic heterocycles. The summed E-state index contributed by atoms with van der Waals surface area (Å²) in [6.45, 7) is 9.11. The van der Waals surface area contributed by atoms with Gasteiger partial charge in [-0.2, -0.15) is 13.2 Å². The molecule has 1 amide bonds. The maximum atomic E-state index is 12.4. The summed E-state index contributed by atoms with van der Waals surface area (Å²) >= 11 is 0. The van der Waals surface area contributed by atoms with Crippen LogP contribution < -0.4 is 5.32 Å². The molecule has 0 atom stereocenters. The smallest absolute Gasteiger partial charge is 0.411 e. The van der Waals surface area contributed by atoms with Crippen LogP contribution in [-0.2, 0) is 10.9 Å². The SMILES string of the molecule is C=C(/C=C\C)OC(=O)Nc1cc(C(F)(F)F)ccn1.CC. The Morgan fingerprint density at radius 3 is 2.57 bits per heavy atom. The quantitative estimate of drug-likeness (QED) is 0.646. The number of anilines is 1. The van der Waals surface area contributed by atoms with Crippen molar-refractivity contribution in [2.45, 2.75) is 26.9 Å². The Labute approximate surface area is 121 Å². The monoisotopic (exact) mass is 302 g/mol. The molecule has 0 aliphatic carbocycles. The minimum absolute atomic E-state index is 0.0620. The zero-order valence-corrected chi connectivity index (χ0v) is 12.0. The summed E-state index contributed by atoms with van der Waals surface area (Å²) in [6, 6.07) is 1.51. The van der Waals surface area contributed by atoms with Crippen molar-refractivity contribution in [3.8, 4) is 0 Å². The van der Waals surface area contributed by atoms with E-state index in [9.17, 15) is 18.0 Å². The van der Waals surface area contributed by atoms with E-state index in [-0.39, 0.29) is 11.6 Å². The largest absolute Gasteiger partial charge is 0.418 e. The van der Waals surface area contributed by atoms with Gasteiger partial charge in [-0.1, -0.05) is 26.5 Å². The average Bonchev–Trinajstić information content (AvgIpc) is 2.40. The number of nitrogens with one attached hydrogen (secondary N) is 1. The maximum Gasteiger partial charge on any atom is 0.418 e. The zero-order valence-electron chi connectivity index (χ0n) is 12.0. The van der Waals surface area contributed by atoms with E-state index in [1.807, 2.05) is 13.8 Å². The van der Waals surface area contributed by atoms with E-state index in [2.05, 4.69) is 21.6 Å². The molecule has 0 spiro atoms. The van der Waals surface area contributed by atoms with Gasteiger partial charge in [-0.05, 0) is 25.1 Å². The highest BCUT2D eigenvalue weighted by molar-refractivity contribution is 5.84. The summed E-state index contributed by atoms with van der Waals surface area (Å²) < 4.78 is 41.9. The molecule has 1 N–H and O–H groups in total. The predicted molar refractivity (Wildman–Crippen MR) is 74.6 cm³/mol. The van der Waals surface area contributed by atoms with Crippen molar-refractivity contribution in [2.24, 2.45) is 0 Å². The number of pyridine rings is 1. The second kappa shape index (κ2) is 8.78. The first-order valence-corrected chi connectivity index (χ1v) is 6.16. The normalized spacial score (nSPS) is 10.6. The van der Waals surface area contributed by atoms with Crippen LogP contribution >= 0.6 is 0 Å². The van der Waals surface area contributed by atoms with Crippen LogP contribution in [0.5, 0.6) is 0 Å². The highest BCUT2D eigenvalue weighted by Crippen LogP contribution is 2.29. The highest BCUT2D eigenvalue weighted by Gasteiger charge is 2.30. The Balaban J connectivity index is 0.00000191. The molecule has 4 nitrogen and oxygen atoms in total. The summed E-state index contributed by atoms with van der Waals surface area (Å²) in [6.07, 6.45) is -1.50. The third-order valence-corrected chi connectivity index (χ3v) is 1.89. The molecule has 0 aliphatic heterocycles. The van der Waals surface area contributed by atoms with Gasteiger partial charge in [0.25, 0.3) is 0 Å². The van der Waals surface area contributed by atoms with Gasteiger partial charge >= 0.3 is 12.3 Å². The molecule has 0 fully saturated rings. The third-order valence-electron chi connectivity index (χ3n) is 1.89. The van der Waals surface area contributed by atoms with E-state index in [1.54, 1.807) is 13.0 Å². The number of hydrogen-bond donors (Lipinski definition) is 1. The first-order valence-electron chi connectivity index (χ1n) is 6.16. The van der Waals surface area contributed by atoms with E-state index < -0.39 is 17.8 Å². The Hall–Kier alpha value is -2.31. The standard InChI is InChI=1S/C12H11F3N2O2.C2H6/c1-3-4-8(2)19-11(18)17-10-7-9(5-6-16-10)12(13,14)15;1-2/h3-7H,2H2,1H3,(H,16,17,18);1-2H3/b4-3-;. The van der Waals surface area contributed by atoms with Gasteiger partial charge in [0, 0.05) is 6.20 Å². The van der Waals surface area contributed by atoms with E-state index in [4.69, 9.17) is 0 Å². The molecule has 116 valence electrons. The zero-order chi connectivity index (χ0) is 16.5. The van der Waals surface area contributed by atoms with Crippen LogP contribution in [0.15, 0.2) is 42.8 Å². The van der Waals surface area contributed by atoms with Gasteiger partial charge in [0.15, 0.2) is 0 Å². The molecule has 21 heavy (non-hydrogen) atoms. The first-order chi connectivity index (χ1) is 9.82.